The van der Waals surface area contributed by atoms with Crippen LogP contribution in [0.25, 0.3) is 0 Å². The van der Waals surface area contributed by atoms with E-state index in [4.69, 9.17) is 16.2 Å². The lowest BCUT2D eigenvalue weighted by Gasteiger charge is -2.03. The molecule has 0 fully saturated rings. The van der Waals surface area contributed by atoms with Crippen LogP contribution in [0.3, 0.4) is 0 Å². The molecule has 0 bridgehead atoms. The van der Waals surface area contributed by atoms with Crippen molar-refractivity contribution >= 4 is 11.9 Å². The quantitative estimate of drug-likeness (QED) is 0.430. The van der Waals surface area contributed by atoms with E-state index in [1.165, 1.54) is 6.21 Å². The Kier molecular flexibility index (Phi) is 2.23. The highest BCUT2D eigenvalue weighted by Gasteiger charge is 1.99. The summed E-state index contributed by atoms with van der Waals surface area (Å²) in [6.45, 7) is -0.0759. The average molecular weight is 150 g/mol. The minimum absolute atomic E-state index is 0.0759. The van der Waals surface area contributed by atoms with E-state index in [0.717, 1.165) is 0 Å². The molecule has 0 amide bonds. The molecular formula is C8H10N2O. The molecule has 0 aromatic heterocycles. The van der Waals surface area contributed by atoms with Crippen LogP contribution in [0.15, 0.2) is 18.2 Å². The fourth-order valence-electron chi connectivity index (χ4n) is 0.897. The van der Waals surface area contributed by atoms with E-state index in [9.17, 15) is 0 Å². The normalized spacial score (nSPS) is 9.55. The summed E-state index contributed by atoms with van der Waals surface area (Å²) in [6.07, 6.45) is 1.18. The molecule has 0 saturated carbocycles. The van der Waals surface area contributed by atoms with Crippen LogP contribution in [0.5, 0.6) is 0 Å². The van der Waals surface area contributed by atoms with Gasteiger partial charge < -0.3 is 16.2 Å². The Balaban J connectivity index is 3.20. The molecule has 0 aliphatic carbocycles. The highest BCUT2D eigenvalue weighted by Crippen LogP contribution is 2.14. The maximum atomic E-state index is 8.78. The first-order valence-corrected chi connectivity index (χ1v) is 3.28. The number of hydrogen-bond acceptors (Lipinski definition) is 3. The zero-order valence-electron chi connectivity index (χ0n) is 6.04. The maximum absolute atomic E-state index is 8.78. The molecule has 58 valence electrons. The Labute approximate surface area is 65.0 Å². The zero-order chi connectivity index (χ0) is 8.27. The number of nitrogens with one attached hydrogen (secondary N) is 1. The first-order chi connectivity index (χ1) is 5.29. The minimum atomic E-state index is -0.0759. The van der Waals surface area contributed by atoms with Gasteiger partial charge in [0.05, 0.1) is 6.61 Å². The summed E-state index contributed by atoms with van der Waals surface area (Å²) in [7, 11) is 0. The number of rotatable bonds is 2. The fraction of sp³-hybridized carbons (Fsp3) is 0.125. The van der Waals surface area contributed by atoms with Crippen molar-refractivity contribution in [1.82, 2.24) is 0 Å². The van der Waals surface area contributed by atoms with E-state index in [1.807, 2.05) is 0 Å². The number of hydrogen-bond donors (Lipinski definition) is 3. The summed E-state index contributed by atoms with van der Waals surface area (Å²) in [4.78, 5) is 0. The largest absolute Gasteiger partial charge is 0.398 e. The van der Waals surface area contributed by atoms with Crippen molar-refractivity contribution in [3.05, 3.63) is 29.3 Å². The third kappa shape index (κ3) is 1.38. The van der Waals surface area contributed by atoms with Gasteiger partial charge in [-0.2, -0.15) is 0 Å². The first kappa shape index (κ1) is 7.75. The van der Waals surface area contributed by atoms with Crippen molar-refractivity contribution in [2.24, 2.45) is 0 Å². The second-order valence-electron chi connectivity index (χ2n) is 2.22. The molecule has 3 heteroatoms. The summed E-state index contributed by atoms with van der Waals surface area (Å²) in [5, 5.41) is 15.8. The van der Waals surface area contributed by atoms with Gasteiger partial charge in [-0.05, 0) is 0 Å². The van der Waals surface area contributed by atoms with Crippen molar-refractivity contribution in [3.8, 4) is 0 Å². The van der Waals surface area contributed by atoms with E-state index in [-0.39, 0.29) is 6.61 Å². The van der Waals surface area contributed by atoms with Crippen LogP contribution in [-0.2, 0) is 6.61 Å². The van der Waals surface area contributed by atoms with Crippen LogP contribution in [0, 0.1) is 5.41 Å². The Hall–Kier alpha value is -1.35. The number of para-hydroxylation sites is 1. The molecule has 0 saturated heterocycles. The molecule has 0 radical (unpaired) electrons. The summed E-state index contributed by atoms with van der Waals surface area (Å²) in [5.74, 6) is 0. The highest BCUT2D eigenvalue weighted by atomic mass is 16.3. The third-order valence-corrected chi connectivity index (χ3v) is 1.56. The first-order valence-electron chi connectivity index (χ1n) is 3.28. The standard InChI is InChI=1S/C8H10N2O/c9-4-6-2-1-3-7(5-11)8(6)10/h1-4,9,11H,5,10H2. The van der Waals surface area contributed by atoms with Gasteiger partial charge in [0.25, 0.3) is 0 Å². The van der Waals surface area contributed by atoms with Gasteiger partial charge in [0.2, 0.25) is 0 Å². The molecule has 1 aromatic rings. The van der Waals surface area contributed by atoms with Gasteiger partial charge in [0, 0.05) is 23.0 Å². The lowest BCUT2D eigenvalue weighted by atomic mass is 10.1. The molecule has 4 N–H and O–H groups in total. The van der Waals surface area contributed by atoms with E-state index in [0.29, 0.717) is 16.8 Å². The molecule has 0 heterocycles. The van der Waals surface area contributed by atoms with E-state index in [2.05, 4.69) is 0 Å². The second kappa shape index (κ2) is 3.16. The molecule has 3 nitrogen and oxygen atoms in total. The van der Waals surface area contributed by atoms with Crippen molar-refractivity contribution in [1.29, 1.82) is 5.41 Å². The highest BCUT2D eigenvalue weighted by molar-refractivity contribution is 5.85. The van der Waals surface area contributed by atoms with Crippen LogP contribution in [-0.4, -0.2) is 11.3 Å². The van der Waals surface area contributed by atoms with Crippen LogP contribution in [0.4, 0.5) is 5.69 Å². The van der Waals surface area contributed by atoms with Crippen molar-refractivity contribution in [2.75, 3.05) is 5.73 Å². The molecule has 0 unspecified atom stereocenters. The van der Waals surface area contributed by atoms with Gasteiger partial charge in [-0.25, -0.2) is 0 Å². The van der Waals surface area contributed by atoms with Gasteiger partial charge in [0.1, 0.15) is 0 Å². The Morgan fingerprint density at radius 3 is 2.82 bits per heavy atom. The molecular weight excluding hydrogens is 140 g/mol. The number of aliphatic hydroxyl groups excluding tert-OH is 1. The molecule has 0 atom stereocenters. The van der Waals surface area contributed by atoms with Gasteiger partial charge in [-0.1, -0.05) is 18.2 Å². The summed E-state index contributed by atoms with van der Waals surface area (Å²) >= 11 is 0. The maximum Gasteiger partial charge on any atom is 0.0702 e. The van der Waals surface area contributed by atoms with Crippen LogP contribution in [0.1, 0.15) is 11.1 Å². The SMILES string of the molecule is N=Cc1cccc(CO)c1N. The minimum Gasteiger partial charge on any atom is -0.398 e. The monoisotopic (exact) mass is 150 g/mol. The molecule has 1 aromatic carbocycles. The number of nitrogen functional groups attached to an aromatic ring is 1. The van der Waals surface area contributed by atoms with Crippen LogP contribution >= 0.6 is 0 Å². The van der Waals surface area contributed by atoms with Crippen LogP contribution in [0.2, 0.25) is 0 Å². The Morgan fingerprint density at radius 2 is 2.27 bits per heavy atom. The number of anilines is 1. The van der Waals surface area contributed by atoms with E-state index in [1.54, 1.807) is 18.2 Å². The van der Waals surface area contributed by atoms with Gasteiger partial charge in [-0.3, -0.25) is 0 Å². The van der Waals surface area contributed by atoms with Gasteiger partial charge in [0.15, 0.2) is 0 Å². The lowest BCUT2D eigenvalue weighted by molar-refractivity contribution is 0.282. The smallest absolute Gasteiger partial charge is 0.0702 e. The van der Waals surface area contributed by atoms with E-state index >= 15 is 0 Å². The van der Waals surface area contributed by atoms with Crippen LogP contribution < -0.4 is 5.73 Å². The predicted molar refractivity (Wildman–Crippen MR) is 44.7 cm³/mol. The Morgan fingerprint density at radius 1 is 1.55 bits per heavy atom. The average Bonchev–Trinajstić information content (AvgIpc) is 2.05. The summed E-state index contributed by atoms with van der Waals surface area (Å²) in [5.41, 5.74) is 7.41. The van der Waals surface area contributed by atoms with E-state index < -0.39 is 0 Å². The number of nitrogens with two attached hydrogens (primary N) is 1. The van der Waals surface area contributed by atoms with Crippen molar-refractivity contribution in [2.45, 2.75) is 6.61 Å². The summed E-state index contributed by atoms with van der Waals surface area (Å²) in [6, 6.07) is 5.24. The van der Waals surface area contributed by atoms with Crippen molar-refractivity contribution < 1.29 is 5.11 Å². The predicted octanol–water partition coefficient (Wildman–Crippen LogP) is 0.759. The van der Waals surface area contributed by atoms with Gasteiger partial charge in [-0.15, -0.1) is 0 Å². The fourth-order valence-corrected chi connectivity index (χ4v) is 0.897. The lowest BCUT2D eigenvalue weighted by Crippen LogP contribution is -1.98. The molecule has 1 rings (SSSR count). The third-order valence-electron chi connectivity index (χ3n) is 1.56. The second-order valence-corrected chi connectivity index (χ2v) is 2.22. The zero-order valence-corrected chi connectivity index (χ0v) is 6.04. The number of benzene rings is 1. The van der Waals surface area contributed by atoms with Gasteiger partial charge >= 0.3 is 0 Å². The Bertz CT molecular complexity index is 271. The number of aliphatic hydroxyl groups is 1. The summed E-state index contributed by atoms with van der Waals surface area (Å²) < 4.78 is 0. The topological polar surface area (TPSA) is 70.1 Å². The molecule has 11 heavy (non-hydrogen) atoms. The van der Waals surface area contributed by atoms with Crippen molar-refractivity contribution in [3.63, 3.8) is 0 Å². The molecule has 0 spiro atoms. The molecule has 0 aliphatic rings. The molecule has 0 aliphatic heterocycles.